The van der Waals surface area contributed by atoms with Gasteiger partial charge in [0.15, 0.2) is 0 Å². The summed E-state index contributed by atoms with van der Waals surface area (Å²) in [5.41, 5.74) is 15.6. The molecule has 4 aromatic heterocycles. The van der Waals surface area contributed by atoms with E-state index in [0.717, 1.165) is 39.1 Å². The first-order valence-corrected chi connectivity index (χ1v) is 19.5. The van der Waals surface area contributed by atoms with Crippen LogP contribution in [0.3, 0.4) is 0 Å². The van der Waals surface area contributed by atoms with Gasteiger partial charge < -0.3 is 18.3 Å². The molecule has 12 aromatic rings. The Balaban J connectivity index is 1.30. The van der Waals surface area contributed by atoms with Gasteiger partial charge in [0, 0.05) is 73.8 Å². The highest BCUT2D eigenvalue weighted by Crippen LogP contribution is 2.46. The number of para-hydroxylation sites is 4. The van der Waals surface area contributed by atoms with E-state index in [1.165, 1.54) is 76.2 Å². The van der Waals surface area contributed by atoms with Gasteiger partial charge in [-0.2, -0.15) is 5.26 Å². The lowest BCUT2D eigenvalue weighted by Gasteiger charge is -2.22. The fraction of sp³-hybridized carbons (Fsp3) is 0.0577. The number of aromatic nitrogens is 4. The van der Waals surface area contributed by atoms with Gasteiger partial charge in [-0.05, 0) is 60.5 Å². The first kappa shape index (κ1) is 31.8. The van der Waals surface area contributed by atoms with Crippen LogP contribution in [-0.2, 0) is 14.1 Å². The third kappa shape index (κ3) is 4.11. The molecule has 0 fully saturated rings. The lowest BCUT2D eigenvalue weighted by molar-refractivity contribution is 1.01. The predicted molar refractivity (Wildman–Crippen MR) is 238 cm³/mol. The standard InChI is InChI=1S/C52H35N5/c1-31-43(56-46-21-10-6-17-37(46)41-25-23-39-35-15-4-8-19-44(35)54(2)49(39)51(41)56)28-27-34(33-14-12-13-32(29-33)30-53)48(31)57-47-22-11-7-18-38(47)42-26-24-40-36-16-5-9-20-45(36)55(3)50(40)52(42)57/h4-29H,1-3H3. The molecule has 5 heteroatoms. The highest BCUT2D eigenvalue weighted by atomic mass is 15.1. The molecule has 0 bridgehead atoms. The molecule has 0 saturated heterocycles. The van der Waals surface area contributed by atoms with Gasteiger partial charge in [-0.3, -0.25) is 0 Å². The summed E-state index contributed by atoms with van der Waals surface area (Å²) < 4.78 is 9.74. The van der Waals surface area contributed by atoms with Crippen LogP contribution in [0.2, 0.25) is 0 Å². The third-order valence-electron chi connectivity index (χ3n) is 12.6. The largest absolute Gasteiger partial charge is 0.342 e. The maximum absolute atomic E-state index is 10.1. The highest BCUT2D eigenvalue weighted by molar-refractivity contribution is 6.25. The molecule has 5 nitrogen and oxygen atoms in total. The second-order valence-electron chi connectivity index (χ2n) is 15.4. The summed E-state index contributed by atoms with van der Waals surface area (Å²) in [6.07, 6.45) is 0. The molecule has 8 aromatic carbocycles. The summed E-state index contributed by atoms with van der Waals surface area (Å²) in [6.45, 7) is 2.28. The van der Waals surface area contributed by atoms with Gasteiger partial charge in [0.1, 0.15) is 0 Å². The molecule has 0 spiro atoms. The number of rotatable bonds is 3. The SMILES string of the molecule is Cc1c(-n2c3ccccc3c3ccc4c5ccccc5n(C)c4c32)ccc(-c2cccc(C#N)c2)c1-n1c2ccccc2c2ccc3c4ccccc4n(C)c3c21. The summed E-state index contributed by atoms with van der Waals surface area (Å²) >= 11 is 0. The normalized spacial score (nSPS) is 12.1. The monoisotopic (exact) mass is 729 g/mol. The van der Waals surface area contributed by atoms with Crippen LogP contribution in [0.4, 0.5) is 0 Å². The molecule has 0 aliphatic heterocycles. The average Bonchev–Trinajstić information content (AvgIpc) is 3.96. The number of benzene rings is 8. The lowest BCUT2D eigenvalue weighted by atomic mass is 9.97. The third-order valence-corrected chi connectivity index (χ3v) is 12.6. The summed E-state index contributed by atoms with van der Waals surface area (Å²) in [5.74, 6) is 0. The Morgan fingerprint density at radius 1 is 0.421 bits per heavy atom. The zero-order valence-electron chi connectivity index (χ0n) is 31.7. The summed E-state index contributed by atoms with van der Waals surface area (Å²) in [5, 5.41) is 19.9. The maximum atomic E-state index is 10.1. The van der Waals surface area contributed by atoms with Crippen LogP contribution >= 0.6 is 0 Å². The average molecular weight is 730 g/mol. The number of hydrogen-bond acceptors (Lipinski definition) is 1. The van der Waals surface area contributed by atoms with Crippen LogP contribution in [0.5, 0.6) is 0 Å². The van der Waals surface area contributed by atoms with Crippen LogP contribution in [0.15, 0.2) is 158 Å². The van der Waals surface area contributed by atoms with Crippen molar-refractivity contribution in [2.24, 2.45) is 14.1 Å². The molecule has 0 radical (unpaired) electrons. The minimum Gasteiger partial charge on any atom is -0.342 e. The first-order chi connectivity index (χ1) is 28.0. The molecular formula is C52H35N5. The van der Waals surface area contributed by atoms with E-state index in [0.29, 0.717) is 5.56 Å². The Kier molecular flexibility index (Phi) is 6.40. The Hall–Kier alpha value is -7.55. The molecule has 4 heterocycles. The van der Waals surface area contributed by atoms with Gasteiger partial charge in [0.05, 0.1) is 56.1 Å². The van der Waals surface area contributed by atoms with Gasteiger partial charge >= 0.3 is 0 Å². The Morgan fingerprint density at radius 2 is 0.877 bits per heavy atom. The van der Waals surface area contributed by atoms with Crippen molar-refractivity contribution in [1.82, 2.24) is 18.3 Å². The fourth-order valence-corrected chi connectivity index (χ4v) is 10.1. The van der Waals surface area contributed by atoms with Crippen molar-refractivity contribution in [2.45, 2.75) is 6.92 Å². The number of nitriles is 1. The quantitative estimate of drug-likeness (QED) is 0.179. The zero-order chi connectivity index (χ0) is 38.1. The smallest absolute Gasteiger partial charge is 0.0991 e. The molecule has 57 heavy (non-hydrogen) atoms. The Labute approximate surface area is 328 Å². The van der Waals surface area contributed by atoms with Crippen LogP contribution in [0.25, 0.3) is 110 Å². The van der Waals surface area contributed by atoms with Crippen molar-refractivity contribution >= 4 is 87.2 Å². The molecule has 0 atom stereocenters. The molecule has 268 valence electrons. The second kappa shape index (κ2) is 11.5. The highest BCUT2D eigenvalue weighted by Gasteiger charge is 2.26. The lowest BCUT2D eigenvalue weighted by Crippen LogP contribution is -2.06. The minimum atomic E-state index is 0.638. The van der Waals surface area contributed by atoms with Crippen molar-refractivity contribution < 1.29 is 0 Å². The van der Waals surface area contributed by atoms with Crippen LogP contribution in [0.1, 0.15) is 11.1 Å². The van der Waals surface area contributed by atoms with E-state index >= 15 is 0 Å². The predicted octanol–water partition coefficient (Wildman–Crippen LogP) is 13.0. The fourth-order valence-electron chi connectivity index (χ4n) is 10.1. The number of aryl methyl sites for hydroxylation is 2. The molecule has 12 rings (SSSR count). The van der Waals surface area contributed by atoms with Crippen molar-refractivity contribution in [1.29, 1.82) is 5.26 Å². The van der Waals surface area contributed by atoms with E-state index in [2.05, 4.69) is 185 Å². The van der Waals surface area contributed by atoms with Gasteiger partial charge in [-0.1, -0.05) is 115 Å². The summed E-state index contributed by atoms with van der Waals surface area (Å²) in [6, 6.07) is 59.3. The summed E-state index contributed by atoms with van der Waals surface area (Å²) in [4.78, 5) is 0. The molecule has 0 aliphatic rings. The van der Waals surface area contributed by atoms with Crippen LogP contribution < -0.4 is 0 Å². The van der Waals surface area contributed by atoms with Gasteiger partial charge in [-0.15, -0.1) is 0 Å². The van der Waals surface area contributed by atoms with Gasteiger partial charge in [-0.25, -0.2) is 0 Å². The van der Waals surface area contributed by atoms with Crippen molar-refractivity contribution in [2.75, 3.05) is 0 Å². The van der Waals surface area contributed by atoms with E-state index in [1.807, 2.05) is 18.2 Å². The summed E-state index contributed by atoms with van der Waals surface area (Å²) in [7, 11) is 4.39. The van der Waals surface area contributed by atoms with E-state index in [4.69, 9.17) is 0 Å². The maximum Gasteiger partial charge on any atom is 0.0991 e. The van der Waals surface area contributed by atoms with Crippen molar-refractivity contribution in [3.8, 4) is 28.6 Å². The van der Waals surface area contributed by atoms with Gasteiger partial charge in [0.25, 0.3) is 0 Å². The molecule has 0 aliphatic carbocycles. The Bertz CT molecular complexity index is 3740. The molecule has 0 amide bonds. The van der Waals surface area contributed by atoms with Crippen molar-refractivity contribution in [3.63, 3.8) is 0 Å². The topological polar surface area (TPSA) is 43.5 Å². The molecule has 0 saturated carbocycles. The minimum absolute atomic E-state index is 0.638. The van der Waals surface area contributed by atoms with E-state index in [1.54, 1.807) is 0 Å². The first-order valence-electron chi connectivity index (χ1n) is 19.5. The van der Waals surface area contributed by atoms with Crippen molar-refractivity contribution in [3.05, 3.63) is 169 Å². The van der Waals surface area contributed by atoms with Crippen LogP contribution in [-0.4, -0.2) is 18.3 Å². The van der Waals surface area contributed by atoms with E-state index < -0.39 is 0 Å². The number of nitrogens with zero attached hydrogens (tertiary/aromatic N) is 5. The van der Waals surface area contributed by atoms with Crippen LogP contribution in [0, 0.1) is 18.3 Å². The molecule has 0 unspecified atom stereocenters. The number of hydrogen-bond donors (Lipinski definition) is 0. The van der Waals surface area contributed by atoms with E-state index in [9.17, 15) is 5.26 Å². The molecule has 0 N–H and O–H groups in total. The second-order valence-corrected chi connectivity index (χ2v) is 15.4. The number of fused-ring (bicyclic) bond motifs is 14. The van der Waals surface area contributed by atoms with E-state index in [-0.39, 0.29) is 0 Å². The zero-order valence-corrected chi connectivity index (χ0v) is 31.7. The van der Waals surface area contributed by atoms with Gasteiger partial charge in [0.2, 0.25) is 0 Å². The Morgan fingerprint density at radius 3 is 1.42 bits per heavy atom. The molecular weight excluding hydrogens is 695 g/mol.